The predicted octanol–water partition coefficient (Wildman–Crippen LogP) is -0.238. The third-order valence-electron chi connectivity index (χ3n) is 3.27. The molecule has 1 aliphatic rings. The summed E-state index contributed by atoms with van der Waals surface area (Å²) < 4.78 is 30.4. The molecule has 20 heavy (non-hydrogen) atoms. The number of methoxy groups -OCH3 is 1. The van der Waals surface area contributed by atoms with Gasteiger partial charge < -0.3 is 15.4 Å². The van der Waals surface area contributed by atoms with Crippen molar-refractivity contribution < 1.29 is 13.2 Å². The number of hydrogen-bond acceptors (Lipinski definition) is 6. The van der Waals surface area contributed by atoms with Crippen LogP contribution in [0.15, 0.2) is 18.3 Å². The van der Waals surface area contributed by atoms with Gasteiger partial charge in [0, 0.05) is 33.3 Å². The third-order valence-corrected chi connectivity index (χ3v) is 5.11. The average molecular weight is 300 g/mol. The van der Waals surface area contributed by atoms with E-state index in [1.807, 2.05) is 6.07 Å². The van der Waals surface area contributed by atoms with E-state index in [-0.39, 0.29) is 12.4 Å². The molecule has 2 heterocycles. The molecular formula is C12H20N4O3S. The highest BCUT2D eigenvalue weighted by molar-refractivity contribution is 7.89. The van der Waals surface area contributed by atoms with Gasteiger partial charge in [-0.3, -0.25) is 0 Å². The number of piperazine rings is 1. The molecule has 0 aromatic carbocycles. The molecule has 1 aliphatic heterocycles. The van der Waals surface area contributed by atoms with Crippen molar-refractivity contribution in [3.63, 3.8) is 0 Å². The lowest BCUT2D eigenvalue weighted by Gasteiger charge is -2.34. The van der Waals surface area contributed by atoms with Crippen LogP contribution in [-0.4, -0.2) is 63.4 Å². The van der Waals surface area contributed by atoms with Gasteiger partial charge in [0.2, 0.25) is 10.0 Å². The summed E-state index contributed by atoms with van der Waals surface area (Å²) in [6.07, 6.45) is 1.61. The summed E-state index contributed by atoms with van der Waals surface area (Å²) in [5.74, 6) is 0.858. The highest BCUT2D eigenvalue weighted by atomic mass is 32.2. The SMILES string of the molecule is COCCS(=O)(=O)N1CCN(c2ccc(N)cn2)CC1. The zero-order valence-electron chi connectivity index (χ0n) is 11.5. The van der Waals surface area contributed by atoms with E-state index in [1.165, 1.54) is 11.4 Å². The van der Waals surface area contributed by atoms with Crippen molar-refractivity contribution >= 4 is 21.5 Å². The summed E-state index contributed by atoms with van der Waals surface area (Å²) in [6, 6.07) is 3.65. The second-order valence-electron chi connectivity index (χ2n) is 4.64. The van der Waals surface area contributed by atoms with Crippen LogP contribution in [-0.2, 0) is 14.8 Å². The van der Waals surface area contributed by atoms with Crippen LogP contribution in [0.3, 0.4) is 0 Å². The van der Waals surface area contributed by atoms with Gasteiger partial charge in [0.15, 0.2) is 0 Å². The van der Waals surface area contributed by atoms with Crippen molar-refractivity contribution in [2.24, 2.45) is 0 Å². The molecule has 1 aromatic rings. The van der Waals surface area contributed by atoms with Crippen LogP contribution in [0, 0.1) is 0 Å². The van der Waals surface area contributed by atoms with Crippen molar-refractivity contribution in [2.45, 2.75) is 0 Å². The Hall–Kier alpha value is -1.38. The summed E-state index contributed by atoms with van der Waals surface area (Å²) in [7, 11) is -1.72. The van der Waals surface area contributed by atoms with Gasteiger partial charge in [0.05, 0.1) is 24.2 Å². The van der Waals surface area contributed by atoms with Crippen molar-refractivity contribution in [3.05, 3.63) is 18.3 Å². The Kier molecular flexibility index (Phi) is 4.79. The van der Waals surface area contributed by atoms with Gasteiger partial charge in [0.1, 0.15) is 5.82 Å². The average Bonchev–Trinajstić information content (AvgIpc) is 2.46. The van der Waals surface area contributed by atoms with Crippen LogP contribution < -0.4 is 10.6 Å². The standard InChI is InChI=1S/C12H20N4O3S/c1-19-8-9-20(17,18)16-6-4-15(5-7-16)12-3-2-11(13)10-14-12/h2-3,10H,4-9,13H2,1H3. The lowest BCUT2D eigenvalue weighted by atomic mass is 10.3. The highest BCUT2D eigenvalue weighted by Crippen LogP contribution is 2.16. The lowest BCUT2D eigenvalue weighted by Crippen LogP contribution is -2.49. The normalized spacial score (nSPS) is 17.4. The Morgan fingerprint density at radius 1 is 1.30 bits per heavy atom. The minimum Gasteiger partial charge on any atom is -0.397 e. The molecule has 112 valence electrons. The van der Waals surface area contributed by atoms with Crippen molar-refractivity contribution in [2.75, 3.05) is 56.3 Å². The maximum Gasteiger partial charge on any atom is 0.216 e. The van der Waals surface area contributed by atoms with Gasteiger partial charge in [-0.05, 0) is 12.1 Å². The van der Waals surface area contributed by atoms with Crippen LogP contribution in [0.1, 0.15) is 0 Å². The van der Waals surface area contributed by atoms with E-state index in [1.54, 1.807) is 12.3 Å². The number of sulfonamides is 1. The summed E-state index contributed by atoms with van der Waals surface area (Å²) >= 11 is 0. The van der Waals surface area contributed by atoms with Gasteiger partial charge in [-0.25, -0.2) is 13.4 Å². The Labute approximate surface area is 119 Å². The lowest BCUT2D eigenvalue weighted by molar-refractivity contribution is 0.215. The number of anilines is 2. The topological polar surface area (TPSA) is 88.8 Å². The molecule has 0 bridgehead atoms. The summed E-state index contributed by atoms with van der Waals surface area (Å²) in [5.41, 5.74) is 6.22. The Morgan fingerprint density at radius 2 is 2.00 bits per heavy atom. The van der Waals surface area contributed by atoms with Gasteiger partial charge in [-0.15, -0.1) is 0 Å². The molecule has 0 atom stereocenters. The smallest absolute Gasteiger partial charge is 0.216 e. The van der Waals surface area contributed by atoms with E-state index in [0.717, 1.165) is 5.82 Å². The highest BCUT2D eigenvalue weighted by Gasteiger charge is 2.26. The number of pyridine rings is 1. The molecule has 7 nitrogen and oxygen atoms in total. The second-order valence-corrected chi connectivity index (χ2v) is 6.73. The van der Waals surface area contributed by atoms with Crippen molar-refractivity contribution in [1.82, 2.24) is 9.29 Å². The molecule has 2 N–H and O–H groups in total. The van der Waals surface area contributed by atoms with Gasteiger partial charge in [-0.2, -0.15) is 4.31 Å². The summed E-state index contributed by atoms with van der Waals surface area (Å²) in [5, 5.41) is 0. The number of ether oxygens (including phenoxy) is 1. The molecule has 0 amide bonds. The fraction of sp³-hybridized carbons (Fsp3) is 0.583. The Balaban J connectivity index is 1.93. The fourth-order valence-electron chi connectivity index (χ4n) is 2.10. The Morgan fingerprint density at radius 3 is 2.55 bits per heavy atom. The molecule has 0 saturated carbocycles. The van der Waals surface area contributed by atoms with Crippen LogP contribution >= 0.6 is 0 Å². The second kappa shape index (κ2) is 6.38. The van der Waals surface area contributed by atoms with E-state index < -0.39 is 10.0 Å². The Bertz CT molecular complexity index is 524. The molecule has 0 spiro atoms. The molecule has 8 heteroatoms. The molecule has 0 unspecified atom stereocenters. The predicted molar refractivity (Wildman–Crippen MR) is 78.1 cm³/mol. The summed E-state index contributed by atoms with van der Waals surface area (Å²) in [6.45, 7) is 2.42. The maximum absolute atomic E-state index is 12.0. The zero-order chi connectivity index (χ0) is 14.6. The largest absolute Gasteiger partial charge is 0.397 e. The zero-order valence-corrected chi connectivity index (χ0v) is 12.3. The van der Waals surface area contributed by atoms with E-state index in [0.29, 0.717) is 31.9 Å². The van der Waals surface area contributed by atoms with Crippen molar-refractivity contribution in [1.29, 1.82) is 0 Å². The molecule has 2 rings (SSSR count). The number of nitrogen functional groups attached to an aromatic ring is 1. The molecule has 0 radical (unpaired) electrons. The monoisotopic (exact) mass is 300 g/mol. The molecule has 1 aromatic heterocycles. The minimum absolute atomic E-state index is 0.0314. The molecule has 1 fully saturated rings. The number of hydrogen-bond donors (Lipinski definition) is 1. The van der Waals surface area contributed by atoms with Gasteiger partial charge >= 0.3 is 0 Å². The minimum atomic E-state index is -3.22. The first-order valence-corrected chi connectivity index (χ1v) is 8.07. The van der Waals surface area contributed by atoms with Crippen molar-refractivity contribution in [3.8, 4) is 0 Å². The molecular weight excluding hydrogens is 280 g/mol. The maximum atomic E-state index is 12.0. The first-order valence-electron chi connectivity index (χ1n) is 6.46. The van der Waals surface area contributed by atoms with Crippen LogP contribution in [0.25, 0.3) is 0 Å². The van der Waals surface area contributed by atoms with E-state index in [9.17, 15) is 8.42 Å². The summed E-state index contributed by atoms with van der Waals surface area (Å²) in [4.78, 5) is 6.31. The molecule has 1 saturated heterocycles. The quantitative estimate of drug-likeness (QED) is 0.807. The first kappa shape index (κ1) is 15.0. The third kappa shape index (κ3) is 3.59. The van der Waals surface area contributed by atoms with E-state index in [4.69, 9.17) is 10.5 Å². The first-order chi connectivity index (χ1) is 9.53. The number of nitrogens with zero attached hydrogens (tertiary/aromatic N) is 3. The van der Waals surface area contributed by atoms with Crippen LogP contribution in [0.4, 0.5) is 11.5 Å². The van der Waals surface area contributed by atoms with Crippen LogP contribution in [0.5, 0.6) is 0 Å². The number of aromatic nitrogens is 1. The van der Waals surface area contributed by atoms with Crippen LogP contribution in [0.2, 0.25) is 0 Å². The molecule has 0 aliphatic carbocycles. The van der Waals surface area contributed by atoms with E-state index >= 15 is 0 Å². The number of nitrogens with two attached hydrogens (primary N) is 1. The fourth-order valence-corrected chi connectivity index (χ4v) is 3.45. The van der Waals surface area contributed by atoms with E-state index in [2.05, 4.69) is 9.88 Å². The van der Waals surface area contributed by atoms with Gasteiger partial charge in [0.25, 0.3) is 0 Å². The van der Waals surface area contributed by atoms with Gasteiger partial charge in [-0.1, -0.05) is 0 Å². The number of rotatable bonds is 5.